The van der Waals surface area contributed by atoms with Gasteiger partial charge >= 0.3 is 0 Å². The minimum Gasteiger partial charge on any atom is -0.330 e. The molecule has 0 spiro atoms. The topological polar surface area (TPSA) is 38.8 Å². The van der Waals surface area contributed by atoms with Crippen LogP contribution in [-0.4, -0.2) is 22.5 Å². The van der Waals surface area contributed by atoms with E-state index in [1.807, 2.05) is 5.38 Å². The van der Waals surface area contributed by atoms with Crippen molar-refractivity contribution in [2.75, 3.05) is 13.1 Å². The van der Waals surface area contributed by atoms with Gasteiger partial charge in [0, 0.05) is 23.6 Å². The largest absolute Gasteiger partial charge is 0.330 e. The van der Waals surface area contributed by atoms with Crippen LogP contribution < -0.4 is 10.5 Å². The van der Waals surface area contributed by atoms with Crippen LogP contribution in [0, 0.1) is 11.8 Å². The molecular weight excluding hydrogens is 282 g/mol. The maximum atomic E-state index is 12.1. The Hall–Kier alpha value is -1.20. The highest BCUT2D eigenvalue weighted by molar-refractivity contribution is 7.15. The third kappa shape index (κ3) is 2.64. The molecule has 3 heterocycles. The van der Waals surface area contributed by atoms with Crippen LogP contribution in [0.25, 0.3) is 4.96 Å². The molecule has 1 unspecified atom stereocenters. The summed E-state index contributed by atoms with van der Waals surface area (Å²) >= 11 is 1.54. The Morgan fingerprint density at radius 2 is 2.14 bits per heavy atom. The number of aromatic nitrogens is 2. The summed E-state index contributed by atoms with van der Waals surface area (Å²) in [6, 6.07) is 1.72. The molecule has 2 fully saturated rings. The van der Waals surface area contributed by atoms with Crippen LogP contribution in [0.1, 0.15) is 37.8 Å². The Morgan fingerprint density at radius 1 is 1.29 bits per heavy atom. The van der Waals surface area contributed by atoms with Gasteiger partial charge in [0.2, 0.25) is 0 Å². The Bertz CT molecular complexity index is 692. The highest BCUT2D eigenvalue weighted by Crippen LogP contribution is 2.32. The Kier molecular flexibility index (Phi) is 3.55. The van der Waals surface area contributed by atoms with Gasteiger partial charge in [-0.25, -0.2) is 4.98 Å². The van der Waals surface area contributed by atoms with Crippen LogP contribution in [0.4, 0.5) is 0 Å². The molecule has 3 atom stereocenters. The van der Waals surface area contributed by atoms with Crippen molar-refractivity contribution in [3.8, 4) is 0 Å². The van der Waals surface area contributed by atoms with E-state index in [4.69, 9.17) is 0 Å². The minimum absolute atomic E-state index is 0.0585. The molecule has 112 valence electrons. The molecule has 21 heavy (non-hydrogen) atoms. The first-order chi connectivity index (χ1) is 10.3. The summed E-state index contributed by atoms with van der Waals surface area (Å²) in [6.45, 7) is 3.43. The number of likely N-dealkylation sites (tertiary alicyclic amines) is 1. The highest BCUT2D eigenvalue weighted by atomic mass is 32.1. The molecule has 1 saturated carbocycles. The van der Waals surface area contributed by atoms with Gasteiger partial charge in [-0.3, -0.25) is 9.20 Å². The molecular formula is C16H22N3OS+. The Balaban J connectivity index is 1.50. The van der Waals surface area contributed by atoms with Crippen LogP contribution >= 0.6 is 11.3 Å². The fourth-order valence-corrected chi connectivity index (χ4v) is 4.93. The van der Waals surface area contributed by atoms with Crippen molar-refractivity contribution in [2.24, 2.45) is 11.8 Å². The van der Waals surface area contributed by atoms with Gasteiger partial charge in [-0.1, -0.05) is 12.8 Å². The maximum Gasteiger partial charge on any atom is 0.258 e. The molecule has 1 saturated heterocycles. The quantitative estimate of drug-likeness (QED) is 0.910. The minimum atomic E-state index is 0.0585. The third-order valence-electron chi connectivity index (χ3n) is 5.27. The van der Waals surface area contributed by atoms with Crippen LogP contribution in [0.2, 0.25) is 0 Å². The number of thiazole rings is 1. The second kappa shape index (κ2) is 5.54. The summed E-state index contributed by atoms with van der Waals surface area (Å²) < 4.78 is 1.64. The van der Waals surface area contributed by atoms with Gasteiger partial charge in [0.1, 0.15) is 12.2 Å². The van der Waals surface area contributed by atoms with E-state index in [9.17, 15) is 4.79 Å². The van der Waals surface area contributed by atoms with E-state index in [1.54, 1.807) is 21.6 Å². The van der Waals surface area contributed by atoms with Crippen molar-refractivity contribution in [1.82, 2.24) is 9.38 Å². The van der Waals surface area contributed by atoms with Gasteiger partial charge in [0.25, 0.3) is 5.56 Å². The Labute approximate surface area is 128 Å². The SMILES string of the molecule is O=c1cc(C[NH+]2CC[C@H]3CCCC[C@@H]3C2)nc2sccn12. The second-order valence-corrected chi connectivity index (χ2v) is 7.49. The van der Waals surface area contributed by atoms with Gasteiger partial charge in [-0.15, -0.1) is 11.3 Å². The summed E-state index contributed by atoms with van der Waals surface area (Å²) in [5.74, 6) is 1.88. The average molecular weight is 304 g/mol. The number of quaternary nitrogens is 1. The number of nitrogens with one attached hydrogen (secondary N) is 1. The Morgan fingerprint density at radius 3 is 3.05 bits per heavy atom. The molecule has 0 bridgehead atoms. The zero-order valence-corrected chi connectivity index (χ0v) is 13.1. The number of hydrogen-bond donors (Lipinski definition) is 1. The van der Waals surface area contributed by atoms with Crippen LogP contribution in [0.5, 0.6) is 0 Å². The van der Waals surface area contributed by atoms with Crippen molar-refractivity contribution in [3.63, 3.8) is 0 Å². The van der Waals surface area contributed by atoms with Crippen molar-refractivity contribution < 1.29 is 4.90 Å². The monoisotopic (exact) mass is 304 g/mol. The normalized spacial score (nSPS) is 29.4. The molecule has 0 aromatic carbocycles. The van der Waals surface area contributed by atoms with Gasteiger partial charge in [-0.2, -0.15) is 0 Å². The third-order valence-corrected chi connectivity index (χ3v) is 6.03. The van der Waals surface area contributed by atoms with Gasteiger partial charge in [0.05, 0.1) is 13.1 Å². The van der Waals surface area contributed by atoms with E-state index in [0.29, 0.717) is 0 Å². The van der Waals surface area contributed by atoms with Gasteiger partial charge < -0.3 is 4.90 Å². The second-order valence-electron chi connectivity index (χ2n) is 6.62. The summed E-state index contributed by atoms with van der Waals surface area (Å²) in [4.78, 5) is 19.1. The molecule has 4 rings (SSSR count). The molecule has 2 aromatic rings. The summed E-state index contributed by atoms with van der Waals surface area (Å²) in [7, 11) is 0. The van der Waals surface area contributed by atoms with Crippen LogP contribution in [-0.2, 0) is 6.54 Å². The lowest BCUT2D eigenvalue weighted by Crippen LogP contribution is -3.12. The average Bonchev–Trinajstić information content (AvgIpc) is 2.96. The lowest BCUT2D eigenvalue weighted by Gasteiger charge is -2.38. The van der Waals surface area contributed by atoms with E-state index < -0.39 is 0 Å². The number of nitrogens with zero attached hydrogens (tertiary/aromatic N) is 2. The zero-order chi connectivity index (χ0) is 14.2. The number of piperidine rings is 1. The summed E-state index contributed by atoms with van der Waals surface area (Å²) in [5.41, 5.74) is 1.02. The van der Waals surface area contributed by atoms with Crippen LogP contribution in [0.3, 0.4) is 0 Å². The molecule has 5 heteroatoms. The molecule has 1 aliphatic carbocycles. The number of fused-ring (bicyclic) bond motifs is 2. The standard InChI is InChI=1S/C16H21N3OS/c20-15-9-14(17-16-19(15)7-8-21-16)11-18-6-5-12-3-1-2-4-13(12)10-18/h7-9,12-13H,1-6,10-11H2/p+1/t12-,13-/m1/s1. The van der Waals surface area contributed by atoms with Crippen LogP contribution in [0.15, 0.2) is 22.4 Å². The predicted molar refractivity (Wildman–Crippen MR) is 83.8 cm³/mol. The van der Waals surface area contributed by atoms with Crippen molar-refractivity contribution >= 4 is 16.3 Å². The number of rotatable bonds is 2. The molecule has 0 amide bonds. The molecule has 1 N–H and O–H groups in total. The lowest BCUT2D eigenvalue weighted by molar-refractivity contribution is -0.924. The zero-order valence-electron chi connectivity index (χ0n) is 12.3. The van der Waals surface area contributed by atoms with Gasteiger partial charge in [0.15, 0.2) is 4.96 Å². The fourth-order valence-electron chi connectivity index (χ4n) is 4.19. The van der Waals surface area contributed by atoms with E-state index in [1.165, 1.54) is 56.5 Å². The van der Waals surface area contributed by atoms with Crippen molar-refractivity contribution in [2.45, 2.75) is 38.6 Å². The van der Waals surface area contributed by atoms with Crippen molar-refractivity contribution in [1.29, 1.82) is 0 Å². The van der Waals surface area contributed by atoms with E-state index in [0.717, 1.165) is 29.0 Å². The lowest BCUT2D eigenvalue weighted by atomic mass is 9.75. The first-order valence-corrected chi connectivity index (χ1v) is 8.97. The predicted octanol–water partition coefficient (Wildman–Crippen LogP) is 1.35. The molecule has 2 aliphatic rings. The molecule has 1 aliphatic heterocycles. The van der Waals surface area contributed by atoms with E-state index in [2.05, 4.69) is 4.98 Å². The fraction of sp³-hybridized carbons (Fsp3) is 0.625. The summed E-state index contributed by atoms with van der Waals surface area (Å²) in [6.07, 6.45) is 8.87. The number of hydrogen-bond acceptors (Lipinski definition) is 3. The highest BCUT2D eigenvalue weighted by Gasteiger charge is 2.33. The van der Waals surface area contributed by atoms with E-state index in [-0.39, 0.29) is 5.56 Å². The smallest absolute Gasteiger partial charge is 0.258 e. The first-order valence-electron chi connectivity index (χ1n) is 8.09. The maximum absolute atomic E-state index is 12.1. The molecule has 0 radical (unpaired) electrons. The van der Waals surface area contributed by atoms with E-state index >= 15 is 0 Å². The molecule has 4 nitrogen and oxygen atoms in total. The molecule has 2 aromatic heterocycles. The summed E-state index contributed by atoms with van der Waals surface area (Å²) in [5, 5.41) is 1.92. The van der Waals surface area contributed by atoms with Gasteiger partial charge in [-0.05, 0) is 25.2 Å². The van der Waals surface area contributed by atoms with Crippen molar-refractivity contribution in [3.05, 3.63) is 33.7 Å². The first kappa shape index (κ1) is 13.5.